The van der Waals surface area contributed by atoms with E-state index in [9.17, 15) is 8.78 Å². The van der Waals surface area contributed by atoms with E-state index in [0.29, 0.717) is 31.2 Å². The number of ether oxygens (including phenoxy) is 2. The van der Waals surface area contributed by atoms with Gasteiger partial charge in [0.05, 0.1) is 19.1 Å². The van der Waals surface area contributed by atoms with Crippen LogP contribution in [-0.2, 0) is 28.3 Å². The summed E-state index contributed by atoms with van der Waals surface area (Å²) in [6.07, 6.45) is -2.03. The lowest BCUT2D eigenvalue weighted by atomic mass is 10.4. The number of nitrogens with zero attached hydrogens (tertiary/aromatic N) is 3. The van der Waals surface area contributed by atoms with Crippen molar-refractivity contribution in [3.63, 3.8) is 0 Å². The maximum atomic E-state index is 11.9. The van der Waals surface area contributed by atoms with Crippen molar-refractivity contribution in [1.29, 1.82) is 0 Å². The van der Waals surface area contributed by atoms with Gasteiger partial charge < -0.3 is 14.0 Å². The maximum Gasteiger partial charge on any atom is 0.261 e. The molecule has 0 fully saturated rings. The van der Waals surface area contributed by atoms with Gasteiger partial charge in [0.2, 0.25) is 0 Å². The van der Waals surface area contributed by atoms with Gasteiger partial charge in [-0.05, 0) is 0 Å². The van der Waals surface area contributed by atoms with E-state index in [0.717, 1.165) is 0 Å². The predicted octanol–water partition coefficient (Wildman–Crippen LogP) is 1.49. The third-order valence-electron chi connectivity index (χ3n) is 2.26. The first kappa shape index (κ1) is 15.3. The third-order valence-corrected chi connectivity index (χ3v) is 2.50. The number of halogens is 3. The second-order valence-electron chi connectivity index (χ2n) is 3.53. The standard InChI is InChI=1S/C10H16ClF2N3O2/c1-17-5-3-16-9(14-15-10(16)6-11)2-4-18-7-8(12)13/h8H,2-7H2,1H3. The van der Waals surface area contributed by atoms with E-state index < -0.39 is 13.0 Å². The van der Waals surface area contributed by atoms with Gasteiger partial charge in [0.15, 0.2) is 0 Å². The summed E-state index contributed by atoms with van der Waals surface area (Å²) in [4.78, 5) is 0. The van der Waals surface area contributed by atoms with Crippen LogP contribution in [0.15, 0.2) is 0 Å². The lowest BCUT2D eigenvalue weighted by Gasteiger charge is -2.08. The zero-order valence-electron chi connectivity index (χ0n) is 10.1. The Kier molecular flexibility index (Phi) is 7.07. The summed E-state index contributed by atoms with van der Waals surface area (Å²) in [5, 5.41) is 7.89. The molecule has 0 aromatic carbocycles. The molecule has 0 atom stereocenters. The minimum Gasteiger partial charge on any atom is -0.383 e. The summed E-state index contributed by atoms with van der Waals surface area (Å²) in [5.41, 5.74) is 0. The lowest BCUT2D eigenvalue weighted by molar-refractivity contribution is 0.0180. The van der Waals surface area contributed by atoms with E-state index in [1.54, 1.807) is 7.11 Å². The Morgan fingerprint density at radius 3 is 2.61 bits per heavy atom. The van der Waals surface area contributed by atoms with Crippen molar-refractivity contribution in [3.05, 3.63) is 11.6 Å². The molecule has 0 amide bonds. The van der Waals surface area contributed by atoms with Crippen LogP contribution in [0.5, 0.6) is 0 Å². The number of alkyl halides is 3. The Morgan fingerprint density at radius 2 is 2.00 bits per heavy atom. The van der Waals surface area contributed by atoms with Crippen molar-refractivity contribution in [2.45, 2.75) is 25.3 Å². The summed E-state index contributed by atoms with van der Waals surface area (Å²) < 4.78 is 35.4. The summed E-state index contributed by atoms with van der Waals surface area (Å²) >= 11 is 5.73. The Labute approximate surface area is 109 Å². The summed E-state index contributed by atoms with van der Waals surface area (Å²) in [6, 6.07) is 0. The van der Waals surface area contributed by atoms with Gasteiger partial charge in [-0.2, -0.15) is 0 Å². The molecule has 18 heavy (non-hydrogen) atoms. The third kappa shape index (κ3) is 4.83. The van der Waals surface area contributed by atoms with Crippen LogP contribution in [0, 0.1) is 0 Å². The monoisotopic (exact) mass is 283 g/mol. The van der Waals surface area contributed by atoms with Crippen LogP contribution in [0.25, 0.3) is 0 Å². The maximum absolute atomic E-state index is 11.9. The van der Waals surface area contributed by atoms with Gasteiger partial charge in [0, 0.05) is 20.1 Å². The van der Waals surface area contributed by atoms with Crippen LogP contribution >= 0.6 is 11.6 Å². The molecule has 1 rings (SSSR count). The molecule has 0 aliphatic carbocycles. The van der Waals surface area contributed by atoms with E-state index in [1.807, 2.05) is 4.57 Å². The number of hydrogen-bond donors (Lipinski definition) is 0. The quantitative estimate of drug-likeness (QED) is 0.509. The van der Waals surface area contributed by atoms with Gasteiger partial charge in [-0.1, -0.05) is 0 Å². The van der Waals surface area contributed by atoms with Crippen LogP contribution < -0.4 is 0 Å². The van der Waals surface area contributed by atoms with Gasteiger partial charge in [0.1, 0.15) is 18.3 Å². The highest BCUT2D eigenvalue weighted by atomic mass is 35.5. The molecule has 0 saturated carbocycles. The smallest absolute Gasteiger partial charge is 0.261 e. The van der Waals surface area contributed by atoms with Crippen LogP contribution in [-0.4, -0.2) is 48.1 Å². The lowest BCUT2D eigenvalue weighted by Crippen LogP contribution is -2.14. The number of aromatic nitrogens is 3. The summed E-state index contributed by atoms with van der Waals surface area (Å²) in [6.45, 7) is 0.703. The first-order chi connectivity index (χ1) is 8.69. The SMILES string of the molecule is COCCn1c(CCl)nnc1CCOCC(F)F. The van der Waals surface area contributed by atoms with Gasteiger partial charge in [-0.3, -0.25) is 0 Å². The van der Waals surface area contributed by atoms with E-state index in [4.69, 9.17) is 21.1 Å². The molecule has 8 heteroatoms. The van der Waals surface area contributed by atoms with E-state index in [1.165, 1.54) is 0 Å². The highest BCUT2D eigenvalue weighted by Crippen LogP contribution is 2.06. The number of methoxy groups -OCH3 is 1. The molecule has 0 radical (unpaired) electrons. The Balaban J connectivity index is 2.50. The largest absolute Gasteiger partial charge is 0.383 e. The van der Waals surface area contributed by atoms with Crippen molar-refractivity contribution in [2.75, 3.05) is 26.9 Å². The van der Waals surface area contributed by atoms with Crippen molar-refractivity contribution < 1.29 is 18.3 Å². The first-order valence-corrected chi connectivity index (χ1v) is 6.04. The molecule has 1 heterocycles. The fraction of sp³-hybridized carbons (Fsp3) is 0.800. The molecule has 0 aliphatic rings. The molecule has 0 spiro atoms. The fourth-order valence-electron chi connectivity index (χ4n) is 1.43. The van der Waals surface area contributed by atoms with Gasteiger partial charge in [0.25, 0.3) is 6.43 Å². The van der Waals surface area contributed by atoms with Crippen molar-refractivity contribution >= 4 is 11.6 Å². The Morgan fingerprint density at radius 1 is 1.28 bits per heavy atom. The molecular formula is C10H16ClF2N3O2. The van der Waals surface area contributed by atoms with Crippen molar-refractivity contribution in [2.24, 2.45) is 0 Å². The van der Waals surface area contributed by atoms with E-state index in [2.05, 4.69) is 10.2 Å². The first-order valence-electron chi connectivity index (χ1n) is 5.50. The van der Waals surface area contributed by atoms with Crippen LogP contribution in [0.1, 0.15) is 11.6 Å². The normalized spacial score (nSPS) is 11.4. The Hall–Kier alpha value is -0.790. The van der Waals surface area contributed by atoms with Gasteiger partial charge in [-0.15, -0.1) is 21.8 Å². The zero-order chi connectivity index (χ0) is 13.4. The Bertz CT molecular complexity index is 350. The molecule has 104 valence electrons. The summed E-state index contributed by atoms with van der Waals surface area (Å²) in [7, 11) is 1.59. The summed E-state index contributed by atoms with van der Waals surface area (Å²) in [5.74, 6) is 1.55. The number of hydrogen-bond acceptors (Lipinski definition) is 4. The van der Waals surface area contributed by atoms with Crippen LogP contribution in [0.3, 0.4) is 0 Å². The molecule has 1 aromatic heterocycles. The molecule has 1 aromatic rings. The topological polar surface area (TPSA) is 49.2 Å². The fourth-order valence-corrected chi connectivity index (χ4v) is 1.63. The minimum absolute atomic E-state index is 0.178. The molecule has 0 unspecified atom stereocenters. The average Bonchev–Trinajstić information content (AvgIpc) is 2.74. The van der Waals surface area contributed by atoms with Gasteiger partial charge >= 0.3 is 0 Å². The van der Waals surface area contributed by atoms with Crippen molar-refractivity contribution in [3.8, 4) is 0 Å². The molecule has 0 aliphatic heterocycles. The predicted molar refractivity (Wildman–Crippen MR) is 62.0 cm³/mol. The molecular weight excluding hydrogens is 268 g/mol. The second-order valence-corrected chi connectivity index (χ2v) is 3.79. The van der Waals surface area contributed by atoms with Crippen LogP contribution in [0.4, 0.5) is 8.78 Å². The van der Waals surface area contributed by atoms with Crippen molar-refractivity contribution in [1.82, 2.24) is 14.8 Å². The zero-order valence-corrected chi connectivity index (χ0v) is 10.9. The second kappa shape index (κ2) is 8.34. The molecule has 5 nitrogen and oxygen atoms in total. The van der Waals surface area contributed by atoms with Crippen LogP contribution in [0.2, 0.25) is 0 Å². The molecule has 0 saturated heterocycles. The average molecular weight is 284 g/mol. The minimum atomic E-state index is -2.45. The van der Waals surface area contributed by atoms with E-state index in [-0.39, 0.29) is 12.5 Å². The molecule has 0 bridgehead atoms. The van der Waals surface area contributed by atoms with E-state index >= 15 is 0 Å². The highest BCUT2D eigenvalue weighted by Gasteiger charge is 2.11. The number of rotatable bonds is 9. The van der Waals surface area contributed by atoms with Gasteiger partial charge in [-0.25, -0.2) is 8.78 Å². The highest BCUT2D eigenvalue weighted by molar-refractivity contribution is 6.16. The molecule has 0 N–H and O–H groups in total.